The Morgan fingerprint density at radius 1 is 0.933 bits per heavy atom. The van der Waals surface area contributed by atoms with Crippen molar-refractivity contribution >= 4 is 21.6 Å². The van der Waals surface area contributed by atoms with E-state index in [9.17, 15) is 13.2 Å². The van der Waals surface area contributed by atoms with Gasteiger partial charge in [-0.3, -0.25) is 10.1 Å². The highest BCUT2D eigenvalue weighted by Gasteiger charge is 2.22. The molecular weight excluding hydrogens is 398 g/mol. The molecular formula is C23H33N3O3S. The van der Waals surface area contributed by atoms with Crippen LogP contribution in [0.25, 0.3) is 0 Å². The second-order valence-corrected chi connectivity index (χ2v) is 9.71. The monoisotopic (exact) mass is 431 g/mol. The van der Waals surface area contributed by atoms with Gasteiger partial charge in [0.15, 0.2) is 0 Å². The van der Waals surface area contributed by atoms with E-state index in [-0.39, 0.29) is 16.8 Å². The Hall–Kier alpha value is -2.22. The van der Waals surface area contributed by atoms with Gasteiger partial charge in [0.05, 0.1) is 10.9 Å². The highest BCUT2D eigenvalue weighted by Crippen LogP contribution is 2.26. The number of hydrogen-bond acceptors (Lipinski definition) is 4. The van der Waals surface area contributed by atoms with Gasteiger partial charge >= 0.3 is 0 Å². The van der Waals surface area contributed by atoms with Crippen molar-refractivity contribution in [3.8, 4) is 0 Å². The Bertz CT molecular complexity index is 939. The van der Waals surface area contributed by atoms with E-state index >= 15 is 0 Å². The molecule has 164 valence electrons. The smallest absolute Gasteiger partial charge is 0.241 e. The second kappa shape index (κ2) is 10.2. The number of amides is 1. The predicted octanol–water partition coefficient (Wildman–Crippen LogP) is 4.16. The molecule has 0 aliphatic carbocycles. The molecule has 0 fully saturated rings. The van der Waals surface area contributed by atoms with Gasteiger partial charge in [0.1, 0.15) is 0 Å². The van der Waals surface area contributed by atoms with Crippen molar-refractivity contribution in [1.29, 1.82) is 0 Å². The van der Waals surface area contributed by atoms with Gasteiger partial charge < -0.3 is 5.32 Å². The van der Waals surface area contributed by atoms with E-state index in [2.05, 4.69) is 62.6 Å². The summed E-state index contributed by atoms with van der Waals surface area (Å²) in [6.07, 6.45) is 1.10. The fourth-order valence-corrected chi connectivity index (χ4v) is 3.78. The van der Waals surface area contributed by atoms with Crippen LogP contribution in [0.4, 0.5) is 5.69 Å². The van der Waals surface area contributed by atoms with E-state index in [4.69, 9.17) is 5.14 Å². The third kappa shape index (κ3) is 6.39. The van der Waals surface area contributed by atoms with Crippen LogP contribution in [0, 0.1) is 5.92 Å². The molecule has 6 nitrogen and oxygen atoms in total. The van der Waals surface area contributed by atoms with Crippen molar-refractivity contribution in [2.75, 3.05) is 5.32 Å². The molecule has 2 aromatic carbocycles. The summed E-state index contributed by atoms with van der Waals surface area (Å²) < 4.78 is 22.7. The van der Waals surface area contributed by atoms with Crippen LogP contribution in [0.15, 0.2) is 53.4 Å². The molecule has 1 amide bonds. The van der Waals surface area contributed by atoms with Crippen LogP contribution in [-0.2, 0) is 14.8 Å². The quantitative estimate of drug-likeness (QED) is 0.555. The van der Waals surface area contributed by atoms with Crippen LogP contribution in [0.2, 0.25) is 0 Å². The topological polar surface area (TPSA) is 101 Å². The van der Waals surface area contributed by atoms with Gasteiger partial charge in [-0.05, 0) is 60.6 Å². The Morgan fingerprint density at radius 2 is 1.47 bits per heavy atom. The number of rotatable bonds is 9. The van der Waals surface area contributed by atoms with E-state index in [1.165, 1.54) is 29.8 Å². The first kappa shape index (κ1) is 24.1. The molecule has 0 heterocycles. The molecule has 0 aliphatic heterocycles. The zero-order valence-electron chi connectivity index (χ0n) is 18.3. The highest BCUT2D eigenvalue weighted by atomic mass is 32.2. The number of carbonyl (C=O) groups excluding carboxylic acids is 1. The van der Waals surface area contributed by atoms with Crippen molar-refractivity contribution in [2.24, 2.45) is 11.1 Å². The van der Waals surface area contributed by atoms with Crippen LogP contribution in [0.1, 0.15) is 64.1 Å². The van der Waals surface area contributed by atoms with Gasteiger partial charge in [-0.1, -0.05) is 52.0 Å². The van der Waals surface area contributed by atoms with Crippen molar-refractivity contribution in [2.45, 2.75) is 63.9 Å². The van der Waals surface area contributed by atoms with Gasteiger partial charge in [0.2, 0.25) is 15.9 Å². The van der Waals surface area contributed by atoms with Gasteiger partial charge in [0, 0.05) is 11.7 Å². The molecule has 0 unspecified atom stereocenters. The normalized spacial score (nSPS) is 14.9. The minimum atomic E-state index is -3.76. The number of carbonyl (C=O) groups is 1. The van der Waals surface area contributed by atoms with Crippen molar-refractivity contribution < 1.29 is 13.2 Å². The first-order valence-electron chi connectivity index (χ1n) is 10.3. The summed E-state index contributed by atoms with van der Waals surface area (Å²) in [7, 11) is -3.76. The molecule has 0 saturated heterocycles. The lowest BCUT2D eigenvalue weighted by molar-refractivity contribution is -0.118. The average Bonchev–Trinajstić information content (AvgIpc) is 2.70. The minimum absolute atomic E-state index is 0.00684. The zero-order chi connectivity index (χ0) is 22.5. The number of anilines is 1. The molecule has 4 N–H and O–H groups in total. The molecule has 0 aromatic heterocycles. The van der Waals surface area contributed by atoms with E-state index in [1.807, 2.05) is 6.92 Å². The summed E-state index contributed by atoms with van der Waals surface area (Å²) in [5.74, 6) is 0.624. The third-order valence-electron chi connectivity index (χ3n) is 5.42. The summed E-state index contributed by atoms with van der Waals surface area (Å²) in [6.45, 7) is 10.5. The Labute approximate surface area is 180 Å². The van der Waals surface area contributed by atoms with Crippen LogP contribution in [-0.4, -0.2) is 20.4 Å². The van der Waals surface area contributed by atoms with Crippen LogP contribution < -0.4 is 15.8 Å². The Kier molecular flexibility index (Phi) is 8.18. The van der Waals surface area contributed by atoms with Gasteiger partial charge in [0.25, 0.3) is 0 Å². The first-order chi connectivity index (χ1) is 14.0. The summed E-state index contributed by atoms with van der Waals surface area (Å²) in [5, 5.41) is 11.3. The lowest BCUT2D eigenvalue weighted by atomic mass is 9.91. The summed E-state index contributed by atoms with van der Waals surface area (Å²) in [5.41, 5.74) is 2.98. The lowest BCUT2D eigenvalue weighted by Gasteiger charge is -2.27. The van der Waals surface area contributed by atoms with Gasteiger partial charge in [-0.2, -0.15) is 0 Å². The number of nitrogens with two attached hydrogens (primary N) is 1. The molecule has 0 bridgehead atoms. The lowest BCUT2D eigenvalue weighted by Crippen LogP contribution is -2.41. The number of benzene rings is 2. The van der Waals surface area contributed by atoms with E-state index < -0.39 is 16.1 Å². The summed E-state index contributed by atoms with van der Waals surface area (Å²) in [6, 6.07) is 14.0. The van der Waals surface area contributed by atoms with Gasteiger partial charge in [-0.15, -0.1) is 0 Å². The van der Waals surface area contributed by atoms with Crippen LogP contribution in [0.3, 0.4) is 0 Å². The molecule has 2 aromatic rings. The Morgan fingerprint density at radius 3 is 1.93 bits per heavy atom. The van der Waals surface area contributed by atoms with Crippen molar-refractivity contribution in [1.82, 2.24) is 5.32 Å². The molecule has 30 heavy (non-hydrogen) atoms. The maximum atomic E-state index is 12.6. The zero-order valence-corrected chi connectivity index (χ0v) is 19.2. The number of nitrogens with one attached hydrogen (secondary N) is 2. The van der Waals surface area contributed by atoms with Crippen molar-refractivity contribution in [3.05, 3.63) is 59.7 Å². The highest BCUT2D eigenvalue weighted by molar-refractivity contribution is 7.89. The number of sulfonamides is 1. The van der Waals surface area contributed by atoms with E-state index in [0.29, 0.717) is 17.5 Å². The standard InChI is InChI=1S/C23H33N3O3S/c1-6-16(4)18-7-9-19(10-8-18)22(15(2)3)25-17(5)23(27)26-20-11-13-21(14-12-20)30(24,28)29/h7-17,22,25H,6H2,1-5H3,(H,26,27)(H2,24,28,29)/t16-,17-,22+/m0/s1. The fourth-order valence-electron chi connectivity index (χ4n) is 3.26. The molecule has 2 rings (SSSR count). The van der Waals surface area contributed by atoms with Crippen LogP contribution >= 0.6 is 0 Å². The minimum Gasteiger partial charge on any atom is -0.325 e. The van der Waals surface area contributed by atoms with E-state index in [0.717, 1.165) is 12.0 Å². The molecule has 0 radical (unpaired) electrons. The first-order valence-corrected chi connectivity index (χ1v) is 11.9. The number of primary sulfonamides is 1. The molecule has 0 spiro atoms. The molecule has 3 atom stereocenters. The Balaban J connectivity index is 2.07. The average molecular weight is 432 g/mol. The maximum Gasteiger partial charge on any atom is 0.241 e. The van der Waals surface area contributed by atoms with E-state index in [1.54, 1.807) is 0 Å². The molecule has 7 heteroatoms. The van der Waals surface area contributed by atoms with Gasteiger partial charge in [-0.25, -0.2) is 13.6 Å². The van der Waals surface area contributed by atoms with Crippen LogP contribution in [0.5, 0.6) is 0 Å². The predicted molar refractivity (Wildman–Crippen MR) is 122 cm³/mol. The van der Waals surface area contributed by atoms with Crippen molar-refractivity contribution in [3.63, 3.8) is 0 Å². The third-order valence-corrected chi connectivity index (χ3v) is 6.35. The largest absolute Gasteiger partial charge is 0.325 e. The number of hydrogen-bond donors (Lipinski definition) is 3. The molecule has 0 saturated carbocycles. The second-order valence-electron chi connectivity index (χ2n) is 8.14. The SMILES string of the molecule is CC[C@H](C)c1ccc([C@H](N[C@@H](C)C(=O)Nc2ccc(S(N)(=O)=O)cc2)C(C)C)cc1. The molecule has 0 aliphatic rings. The maximum absolute atomic E-state index is 12.6. The summed E-state index contributed by atoms with van der Waals surface area (Å²) in [4.78, 5) is 12.7. The summed E-state index contributed by atoms with van der Waals surface area (Å²) >= 11 is 0. The fraction of sp³-hybridized carbons (Fsp3) is 0.435.